The molecule has 3 nitrogen and oxygen atoms in total. The number of halogens is 1. The summed E-state index contributed by atoms with van der Waals surface area (Å²) in [7, 11) is 0. The second-order valence-corrected chi connectivity index (χ2v) is 6.17. The van der Waals surface area contributed by atoms with Gasteiger partial charge in [0, 0.05) is 17.1 Å². The second-order valence-electron chi connectivity index (χ2n) is 4.63. The number of amides is 1. The molecule has 1 aromatic rings. The summed E-state index contributed by atoms with van der Waals surface area (Å²) >= 11 is 7.60. The minimum atomic E-state index is -0.169. The van der Waals surface area contributed by atoms with Gasteiger partial charge in [-0.2, -0.15) is 0 Å². The zero-order valence-corrected chi connectivity index (χ0v) is 12.8. The molecule has 0 heterocycles. The highest BCUT2D eigenvalue weighted by atomic mass is 35.5. The Morgan fingerprint density at radius 3 is 2.68 bits per heavy atom. The van der Waals surface area contributed by atoms with E-state index in [-0.39, 0.29) is 24.5 Å². The number of benzene rings is 1. The van der Waals surface area contributed by atoms with Crippen LogP contribution in [0.5, 0.6) is 0 Å². The van der Waals surface area contributed by atoms with Crippen LogP contribution in [-0.4, -0.2) is 29.4 Å². The maximum absolute atomic E-state index is 11.7. The summed E-state index contributed by atoms with van der Waals surface area (Å²) in [5.74, 6) is 0.865. The van der Waals surface area contributed by atoms with Crippen LogP contribution in [0.2, 0.25) is 5.02 Å². The van der Waals surface area contributed by atoms with Gasteiger partial charge in [0.05, 0.1) is 17.7 Å². The summed E-state index contributed by atoms with van der Waals surface area (Å²) in [5, 5.41) is 12.7. The van der Waals surface area contributed by atoms with E-state index in [1.807, 2.05) is 38.1 Å². The third kappa shape index (κ3) is 5.85. The highest BCUT2D eigenvalue weighted by Gasteiger charge is 2.14. The van der Waals surface area contributed by atoms with Crippen LogP contribution in [0.3, 0.4) is 0 Å². The monoisotopic (exact) mass is 301 g/mol. The van der Waals surface area contributed by atoms with Crippen molar-refractivity contribution in [1.82, 2.24) is 5.32 Å². The Balaban J connectivity index is 2.33. The van der Waals surface area contributed by atoms with E-state index in [1.54, 1.807) is 11.8 Å². The smallest absolute Gasteiger partial charge is 0.221 e. The summed E-state index contributed by atoms with van der Waals surface area (Å²) in [6.07, 6.45) is 0.416. The van der Waals surface area contributed by atoms with Gasteiger partial charge in [0.1, 0.15) is 0 Å². The largest absolute Gasteiger partial charge is 0.394 e. The summed E-state index contributed by atoms with van der Waals surface area (Å²) in [4.78, 5) is 12.7. The molecule has 0 aromatic heterocycles. The molecule has 1 atom stereocenters. The average molecular weight is 302 g/mol. The molecule has 0 bridgehead atoms. The van der Waals surface area contributed by atoms with E-state index in [0.29, 0.717) is 17.2 Å². The molecule has 0 fully saturated rings. The zero-order valence-electron chi connectivity index (χ0n) is 11.2. The summed E-state index contributed by atoms with van der Waals surface area (Å²) in [6.45, 7) is 3.92. The van der Waals surface area contributed by atoms with Crippen molar-refractivity contribution in [3.8, 4) is 0 Å². The molecule has 0 saturated heterocycles. The van der Waals surface area contributed by atoms with Crippen LogP contribution in [0.4, 0.5) is 0 Å². The summed E-state index contributed by atoms with van der Waals surface area (Å²) < 4.78 is 0. The number of carbonyl (C=O) groups excluding carboxylic acids is 1. The second kappa shape index (κ2) is 8.46. The lowest BCUT2D eigenvalue weighted by molar-refractivity contribution is -0.122. The van der Waals surface area contributed by atoms with Crippen LogP contribution >= 0.6 is 23.4 Å². The molecule has 1 rings (SSSR count). The minimum Gasteiger partial charge on any atom is -0.394 e. The molecule has 0 saturated carbocycles. The van der Waals surface area contributed by atoms with Gasteiger partial charge in [-0.05, 0) is 18.1 Å². The Labute approximate surface area is 123 Å². The lowest BCUT2D eigenvalue weighted by atomic mass is 10.1. The molecule has 1 amide bonds. The zero-order chi connectivity index (χ0) is 14.3. The molecular formula is C14H20ClNO2S. The Kier molecular flexibility index (Phi) is 7.28. The van der Waals surface area contributed by atoms with Crippen LogP contribution < -0.4 is 5.32 Å². The van der Waals surface area contributed by atoms with Crippen molar-refractivity contribution in [3.63, 3.8) is 0 Å². The number of aliphatic hydroxyl groups is 1. The van der Waals surface area contributed by atoms with Crippen molar-refractivity contribution in [2.24, 2.45) is 5.92 Å². The Hall–Kier alpha value is -0.710. The molecule has 0 spiro atoms. The summed E-state index contributed by atoms with van der Waals surface area (Å²) in [6, 6.07) is 7.42. The number of rotatable bonds is 7. The molecule has 0 aliphatic heterocycles. The van der Waals surface area contributed by atoms with Gasteiger partial charge in [0.15, 0.2) is 0 Å². The van der Waals surface area contributed by atoms with Crippen LogP contribution in [-0.2, 0) is 4.79 Å². The van der Waals surface area contributed by atoms with E-state index >= 15 is 0 Å². The number of aliphatic hydroxyl groups excluding tert-OH is 1. The van der Waals surface area contributed by atoms with Gasteiger partial charge in [0.25, 0.3) is 0 Å². The average Bonchev–Trinajstić information content (AvgIpc) is 2.38. The molecule has 0 aliphatic rings. The first kappa shape index (κ1) is 16.3. The minimum absolute atomic E-state index is 0.0267. The van der Waals surface area contributed by atoms with Gasteiger partial charge in [-0.25, -0.2) is 0 Å². The molecule has 106 valence electrons. The Morgan fingerprint density at radius 2 is 2.11 bits per heavy atom. The predicted octanol–water partition coefficient (Wildman–Crippen LogP) is 2.96. The Bertz CT molecular complexity index is 412. The predicted molar refractivity (Wildman–Crippen MR) is 80.6 cm³/mol. The number of nitrogens with one attached hydrogen (secondary N) is 1. The molecular weight excluding hydrogens is 282 g/mol. The number of carbonyl (C=O) groups is 1. The molecule has 2 N–H and O–H groups in total. The van der Waals surface area contributed by atoms with Gasteiger partial charge in [-0.1, -0.05) is 37.6 Å². The van der Waals surface area contributed by atoms with Crippen molar-refractivity contribution in [2.75, 3.05) is 12.4 Å². The van der Waals surface area contributed by atoms with E-state index in [1.165, 1.54) is 0 Å². The fourth-order valence-electron chi connectivity index (χ4n) is 1.52. The molecule has 1 aromatic carbocycles. The van der Waals surface area contributed by atoms with Crippen LogP contribution in [0.1, 0.15) is 20.3 Å². The molecule has 0 aliphatic carbocycles. The first-order valence-corrected chi connectivity index (χ1v) is 7.68. The molecule has 0 unspecified atom stereocenters. The van der Waals surface area contributed by atoms with Crippen LogP contribution in [0, 0.1) is 5.92 Å². The molecule has 0 radical (unpaired) electrons. The molecule has 19 heavy (non-hydrogen) atoms. The van der Waals surface area contributed by atoms with Gasteiger partial charge >= 0.3 is 0 Å². The van der Waals surface area contributed by atoms with Gasteiger partial charge in [-0.3, -0.25) is 4.79 Å². The summed E-state index contributed by atoms with van der Waals surface area (Å²) in [5.41, 5.74) is 0. The lowest BCUT2D eigenvalue weighted by Gasteiger charge is -2.19. The van der Waals surface area contributed by atoms with Crippen LogP contribution in [0.15, 0.2) is 29.2 Å². The fraction of sp³-hybridized carbons (Fsp3) is 0.500. The topological polar surface area (TPSA) is 49.3 Å². The third-order valence-electron chi connectivity index (χ3n) is 2.77. The maximum atomic E-state index is 11.7. The highest BCUT2D eigenvalue weighted by molar-refractivity contribution is 7.99. The highest BCUT2D eigenvalue weighted by Crippen LogP contribution is 2.26. The van der Waals surface area contributed by atoms with E-state index < -0.39 is 0 Å². The van der Waals surface area contributed by atoms with Crippen molar-refractivity contribution < 1.29 is 9.90 Å². The number of thioether (sulfide) groups is 1. The third-order valence-corrected chi connectivity index (χ3v) is 4.29. The number of hydrogen-bond acceptors (Lipinski definition) is 3. The van der Waals surface area contributed by atoms with E-state index in [9.17, 15) is 4.79 Å². The number of hydrogen-bond donors (Lipinski definition) is 2. The molecule has 5 heteroatoms. The fourth-order valence-corrected chi connectivity index (χ4v) is 2.71. The van der Waals surface area contributed by atoms with Crippen molar-refractivity contribution in [3.05, 3.63) is 29.3 Å². The lowest BCUT2D eigenvalue weighted by Crippen LogP contribution is -2.41. The Morgan fingerprint density at radius 1 is 1.42 bits per heavy atom. The van der Waals surface area contributed by atoms with E-state index in [0.717, 1.165) is 4.90 Å². The SMILES string of the molecule is CC(C)[C@@H](CO)NC(=O)CCSc1ccccc1Cl. The van der Waals surface area contributed by atoms with Crippen molar-refractivity contribution in [2.45, 2.75) is 31.2 Å². The standard InChI is InChI=1S/C14H20ClNO2S/c1-10(2)12(9-17)16-14(18)7-8-19-13-6-4-3-5-11(13)15/h3-6,10,12,17H,7-9H2,1-2H3,(H,16,18)/t12-/m1/s1. The first-order chi connectivity index (χ1) is 9.04. The van der Waals surface area contributed by atoms with Crippen molar-refractivity contribution in [1.29, 1.82) is 0 Å². The normalized spacial score (nSPS) is 12.5. The van der Waals surface area contributed by atoms with Crippen LogP contribution in [0.25, 0.3) is 0 Å². The van der Waals surface area contributed by atoms with E-state index in [2.05, 4.69) is 5.32 Å². The van der Waals surface area contributed by atoms with Gasteiger partial charge < -0.3 is 10.4 Å². The first-order valence-electron chi connectivity index (χ1n) is 6.32. The quantitative estimate of drug-likeness (QED) is 0.761. The van der Waals surface area contributed by atoms with Crippen molar-refractivity contribution >= 4 is 29.3 Å². The maximum Gasteiger partial charge on any atom is 0.221 e. The van der Waals surface area contributed by atoms with Gasteiger partial charge in [0.2, 0.25) is 5.91 Å². The van der Waals surface area contributed by atoms with Gasteiger partial charge in [-0.15, -0.1) is 11.8 Å². The van der Waals surface area contributed by atoms with E-state index in [4.69, 9.17) is 16.7 Å².